The summed E-state index contributed by atoms with van der Waals surface area (Å²) in [7, 11) is 0. The number of esters is 3. The first-order valence-corrected chi connectivity index (χ1v) is 31.4. The van der Waals surface area contributed by atoms with Crippen LogP contribution < -0.4 is 0 Å². The van der Waals surface area contributed by atoms with Crippen molar-refractivity contribution in [3.8, 4) is 0 Å². The molecule has 0 aromatic heterocycles. The molecule has 0 spiro atoms. The van der Waals surface area contributed by atoms with E-state index < -0.39 is 6.10 Å². The first-order valence-electron chi connectivity index (χ1n) is 31.4. The van der Waals surface area contributed by atoms with Crippen LogP contribution in [0.5, 0.6) is 0 Å². The lowest BCUT2D eigenvalue weighted by Crippen LogP contribution is -2.30. The number of rotatable bonds is 57. The lowest BCUT2D eigenvalue weighted by molar-refractivity contribution is -0.167. The molecule has 0 amide bonds. The number of ether oxygens (including phenoxy) is 3. The van der Waals surface area contributed by atoms with E-state index in [1.807, 2.05) is 0 Å². The Hall–Kier alpha value is -3.15. The molecule has 0 aliphatic rings. The number of allylic oxidation sites excluding steroid dienone is 12. The maximum Gasteiger partial charge on any atom is 0.306 e. The average molecular weight is 1020 g/mol. The van der Waals surface area contributed by atoms with Crippen LogP contribution in [0.15, 0.2) is 72.9 Å². The van der Waals surface area contributed by atoms with Crippen molar-refractivity contribution in [2.45, 2.75) is 322 Å². The van der Waals surface area contributed by atoms with E-state index in [0.29, 0.717) is 19.3 Å². The van der Waals surface area contributed by atoms with E-state index in [1.54, 1.807) is 0 Å². The maximum absolute atomic E-state index is 12.8. The standard InChI is InChI=1S/C67H118O6/c1-4-7-10-13-15-17-19-21-23-25-27-29-31-33-35-37-39-41-43-45-47-49-51-54-57-60-66(69)72-63-64(62-71-65(68)59-56-53-12-9-6-3)73-67(70)61-58-55-52-50-48-46-44-42-40-38-36-34-32-30-28-26-24-22-20-18-16-14-11-8-5-2/h7,10,15,17,21,23,26-29,33,35,64H,4-6,8-9,11-14,16,18-20,22,24-25,30-32,34,36-63H2,1-3H3/b10-7-,17-15-,23-21-,28-26-,29-27-,35-33-. The van der Waals surface area contributed by atoms with Crippen LogP contribution in [-0.2, 0) is 28.6 Å². The molecule has 6 nitrogen and oxygen atoms in total. The summed E-state index contributed by atoms with van der Waals surface area (Å²) in [6.45, 7) is 6.47. The van der Waals surface area contributed by atoms with Gasteiger partial charge in [-0.3, -0.25) is 14.4 Å². The number of hydrogen-bond donors (Lipinski definition) is 0. The summed E-state index contributed by atoms with van der Waals surface area (Å²) in [5, 5.41) is 0. The Balaban J connectivity index is 4.05. The van der Waals surface area contributed by atoms with E-state index in [9.17, 15) is 14.4 Å². The Morgan fingerprint density at radius 3 is 0.849 bits per heavy atom. The van der Waals surface area contributed by atoms with Crippen LogP contribution in [0.3, 0.4) is 0 Å². The monoisotopic (exact) mass is 1020 g/mol. The molecule has 0 aliphatic carbocycles. The van der Waals surface area contributed by atoms with Crippen molar-refractivity contribution >= 4 is 17.9 Å². The second-order valence-corrected chi connectivity index (χ2v) is 20.9. The second-order valence-electron chi connectivity index (χ2n) is 20.9. The zero-order valence-electron chi connectivity index (χ0n) is 48.4. The van der Waals surface area contributed by atoms with Crippen molar-refractivity contribution < 1.29 is 28.6 Å². The molecule has 73 heavy (non-hydrogen) atoms. The van der Waals surface area contributed by atoms with Crippen molar-refractivity contribution in [3.63, 3.8) is 0 Å². The molecule has 0 aromatic carbocycles. The van der Waals surface area contributed by atoms with Gasteiger partial charge < -0.3 is 14.2 Å². The quantitative estimate of drug-likeness (QED) is 0.0261. The van der Waals surface area contributed by atoms with Gasteiger partial charge in [-0.1, -0.05) is 280 Å². The fourth-order valence-electron chi connectivity index (χ4n) is 9.00. The van der Waals surface area contributed by atoms with Crippen LogP contribution in [-0.4, -0.2) is 37.2 Å². The minimum atomic E-state index is -0.774. The Morgan fingerprint density at radius 2 is 0.534 bits per heavy atom. The predicted octanol–water partition coefficient (Wildman–Crippen LogP) is 21.3. The Kier molecular flexibility index (Phi) is 58.7. The molecule has 1 atom stereocenters. The highest BCUT2D eigenvalue weighted by Crippen LogP contribution is 2.17. The molecule has 6 heteroatoms. The lowest BCUT2D eigenvalue weighted by Gasteiger charge is -2.18. The molecular weight excluding hydrogens is 901 g/mol. The van der Waals surface area contributed by atoms with Gasteiger partial charge in [0.05, 0.1) is 0 Å². The zero-order chi connectivity index (χ0) is 52.9. The minimum Gasteiger partial charge on any atom is -0.462 e. The van der Waals surface area contributed by atoms with Gasteiger partial charge in [0.2, 0.25) is 0 Å². The lowest BCUT2D eigenvalue weighted by atomic mass is 10.0. The molecule has 0 saturated carbocycles. The van der Waals surface area contributed by atoms with Crippen molar-refractivity contribution in [2.75, 3.05) is 13.2 Å². The van der Waals surface area contributed by atoms with Gasteiger partial charge in [-0.05, 0) is 89.9 Å². The Labute approximate surface area is 453 Å². The molecule has 1 unspecified atom stereocenters. The van der Waals surface area contributed by atoms with Crippen molar-refractivity contribution in [3.05, 3.63) is 72.9 Å². The molecule has 0 aromatic rings. The van der Waals surface area contributed by atoms with Gasteiger partial charge in [0.1, 0.15) is 13.2 Å². The van der Waals surface area contributed by atoms with Gasteiger partial charge >= 0.3 is 17.9 Å². The first-order chi connectivity index (χ1) is 36.0. The first kappa shape index (κ1) is 69.8. The van der Waals surface area contributed by atoms with Gasteiger partial charge in [-0.2, -0.15) is 0 Å². The van der Waals surface area contributed by atoms with Gasteiger partial charge in [0, 0.05) is 19.3 Å². The van der Waals surface area contributed by atoms with E-state index in [1.165, 1.54) is 173 Å². The molecule has 0 fully saturated rings. The Bertz CT molecular complexity index is 1360. The van der Waals surface area contributed by atoms with E-state index >= 15 is 0 Å². The van der Waals surface area contributed by atoms with Crippen LogP contribution in [0.1, 0.15) is 316 Å². The van der Waals surface area contributed by atoms with E-state index in [-0.39, 0.29) is 31.1 Å². The summed E-state index contributed by atoms with van der Waals surface area (Å²) in [6.07, 6.45) is 79.6. The van der Waals surface area contributed by atoms with Gasteiger partial charge in [0.15, 0.2) is 6.10 Å². The van der Waals surface area contributed by atoms with Crippen molar-refractivity contribution in [2.24, 2.45) is 0 Å². The summed E-state index contributed by atoms with van der Waals surface area (Å²) in [6, 6.07) is 0. The Morgan fingerprint density at radius 1 is 0.288 bits per heavy atom. The SMILES string of the molecule is CC/C=C\C/C=C\C/C=C\C/C=C\C/C=C\CCCCCCCCCCCC(=O)OCC(COC(=O)CCCCCCC)OC(=O)CCCCCCCCCCCCCCC/C=C\CCCCCCCCCC. The van der Waals surface area contributed by atoms with Gasteiger partial charge in [-0.15, -0.1) is 0 Å². The number of carbonyl (C=O) groups excluding carboxylic acids is 3. The van der Waals surface area contributed by atoms with Crippen LogP contribution in [0.25, 0.3) is 0 Å². The summed E-state index contributed by atoms with van der Waals surface area (Å²) in [5.41, 5.74) is 0. The third-order valence-corrected chi connectivity index (χ3v) is 13.7. The summed E-state index contributed by atoms with van der Waals surface area (Å²) >= 11 is 0. The third-order valence-electron chi connectivity index (χ3n) is 13.7. The van der Waals surface area contributed by atoms with E-state index in [2.05, 4.69) is 93.7 Å². The van der Waals surface area contributed by atoms with E-state index in [0.717, 1.165) is 103 Å². The molecular formula is C67H118O6. The number of carbonyl (C=O) groups is 3. The summed E-state index contributed by atoms with van der Waals surface area (Å²) < 4.78 is 16.8. The molecule has 0 bridgehead atoms. The number of unbranched alkanes of at least 4 members (excludes halogenated alkanes) is 34. The maximum atomic E-state index is 12.8. The largest absolute Gasteiger partial charge is 0.462 e. The highest BCUT2D eigenvalue weighted by molar-refractivity contribution is 5.71. The van der Waals surface area contributed by atoms with Gasteiger partial charge in [0.25, 0.3) is 0 Å². The normalized spacial score (nSPS) is 12.5. The van der Waals surface area contributed by atoms with Crippen molar-refractivity contribution in [1.29, 1.82) is 0 Å². The van der Waals surface area contributed by atoms with Gasteiger partial charge in [-0.25, -0.2) is 0 Å². The number of hydrogen-bond acceptors (Lipinski definition) is 6. The molecule has 0 N–H and O–H groups in total. The molecule has 0 aliphatic heterocycles. The van der Waals surface area contributed by atoms with Crippen LogP contribution in [0.4, 0.5) is 0 Å². The highest BCUT2D eigenvalue weighted by atomic mass is 16.6. The smallest absolute Gasteiger partial charge is 0.306 e. The fraction of sp³-hybridized carbons (Fsp3) is 0.776. The average Bonchev–Trinajstić information content (AvgIpc) is 3.39. The third kappa shape index (κ3) is 59.6. The van der Waals surface area contributed by atoms with Crippen LogP contribution >= 0.6 is 0 Å². The fourth-order valence-corrected chi connectivity index (χ4v) is 9.00. The second kappa shape index (κ2) is 61.4. The molecule has 0 radical (unpaired) electrons. The summed E-state index contributed by atoms with van der Waals surface area (Å²) in [4.78, 5) is 37.9. The zero-order valence-corrected chi connectivity index (χ0v) is 48.4. The molecule has 0 heterocycles. The van der Waals surface area contributed by atoms with Crippen LogP contribution in [0.2, 0.25) is 0 Å². The molecule has 0 rings (SSSR count). The predicted molar refractivity (Wildman–Crippen MR) is 316 cm³/mol. The topological polar surface area (TPSA) is 78.9 Å². The molecule has 422 valence electrons. The highest BCUT2D eigenvalue weighted by Gasteiger charge is 2.19. The van der Waals surface area contributed by atoms with Crippen molar-refractivity contribution in [1.82, 2.24) is 0 Å². The molecule has 0 saturated heterocycles. The van der Waals surface area contributed by atoms with E-state index in [4.69, 9.17) is 14.2 Å². The van der Waals surface area contributed by atoms with Crippen LogP contribution in [0, 0.1) is 0 Å². The summed E-state index contributed by atoms with van der Waals surface area (Å²) in [5.74, 6) is -0.885. The minimum absolute atomic E-state index is 0.0761.